The van der Waals surface area contributed by atoms with Gasteiger partial charge in [-0.2, -0.15) is 0 Å². The topological polar surface area (TPSA) is 104 Å². The minimum absolute atomic E-state index is 0.0466. The lowest BCUT2D eigenvalue weighted by molar-refractivity contribution is 0.0693. The average molecular weight is 496 g/mol. The van der Waals surface area contributed by atoms with Gasteiger partial charge in [-0.3, -0.25) is 0 Å². The highest BCUT2D eigenvalue weighted by molar-refractivity contribution is 9.10. The molecule has 2 aromatic rings. The molecule has 0 aliphatic heterocycles. The average Bonchev–Trinajstić information content (AvgIpc) is 3.49. The molecular weight excluding hydrogens is 470 g/mol. The Morgan fingerprint density at radius 1 is 1.20 bits per heavy atom. The molecule has 1 aliphatic rings. The van der Waals surface area contributed by atoms with Crippen molar-refractivity contribution in [1.82, 2.24) is 0 Å². The van der Waals surface area contributed by atoms with Crippen molar-refractivity contribution in [2.45, 2.75) is 56.2 Å². The number of rotatable bonds is 8. The molecular formula is C22H26BrNO5S. The Morgan fingerprint density at radius 3 is 2.43 bits per heavy atom. The van der Waals surface area contributed by atoms with E-state index in [-0.39, 0.29) is 28.0 Å². The van der Waals surface area contributed by atoms with E-state index in [0.29, 0.717) is 16.1 Å². The number of sulfone groups is 1. The highest BCUT2D eigenvalue weighted by Gasteiger charge is 2.29. The Labute approximate surface area is 185 Å². The number of phenols is 1. The molecule has 30 heavy (non-hydrogen) atoms. The van der Waals surface area contributed by atoms with E-state index in [0.717, 1.165) is 18.4 Å². The van der Waals surface area contributed by atoms with Crippen LogP contribution < -0.4 is 5.32 Å². The van der Waals surface area contributed by atoms with Crippen LogP contribution in [-0.2, 0) is 15.6 Å². The van der Waals surface area contributed by atoms with Crippen LogP contribution in [0.3, 0.4) is 0 Å². The van der Waals surface area contributed by atoms with Gasteiger partial charge in [0.25, 0.3) is 0 Å². The van der Waals surface area contributed by atoms with Gasteiger partial charge in [0, 0.05) is 16.1 Å². The molecule has 1 saturated carbocycles. The van der Waals surface area contributed by atoms with Crippen LogP contribution in [0.1, 0.15) is 61.0 Å². The van der Waals surface area contributed by atoms with Gasteiger partial charge in [0.05, 0.1) is 16.3 Å². The zero-order chi connectivity index (χ0) is 22.2. The first-order valence-corrected chi connectivity index (χ1v) is 12.3. The van der Waals surface area contributed by atoms with Crippen LogP contribution in [0.4, 0.5) is 5.69 Å². The molecule has 1 atom stereocenters. The standard InChI is InChI=1S/C22H26BrNO5S/c1-12(2)13(3)24-19-7-6-17(23)10-20(19)30(28,29)11-16-8-15(14-4-5-14)9-18(21(16)25)22(26)27/h6-10,12-14,24-25H,4-5,11H2,1-3H3,(H,26,27)/t13-/m0/s1. The lowest BCUT2D eigenvalue weighted by Gasteiger charge is -2.21. The number of halogens is 1. The minimum atomic E-state index is -3.87. The van der Waals surface area contributed by atoms with Crippen LogP contribution in [0, 0.1) is 5.92 Å². The zero-order valence-corrected chi connectivity index (χ0v) is 19.5. The van der Waals surface area contributed by atoms with E-state index in [1.807, 2.05) is 20.8 Å². The smallest absolute Gasteiger partial charge is 0.339 e. The molecule has 0 radical (unpaired) electrons. The second-order valence-electron chi connectivity index (χ2n) is 8.23. The van der Waals surface area contributed by atoms with Crippen molar-refractivity contribution in [2.75, 3.05) is 5.32 Å². The molecule has 0 heterocycles. The fraction of sp³-hybridized carbons (Fsp3) is 0.409. The first-order chi connectivity index (χ1) is 14.0. The van der Waals surface area contributed by atoms with Crippen molar-refractivity contribution in [3.8, 4) is 5.75 Å². The molecule has 0 spiro atoms. The third-order valence-electron chi connectivity index (χ3n) is 5.50. The highest BCUT2D eigenvalue weighted by atomic mass is 79.9. The molecule has 0 bridgehead atoms. The number of aromatic carboxylic acids is 1. The van der Waals surface area contributed by atoms with Crippen LogP contribution in [0.2, 0.25) is 0 Å². The van der Waals surface area contributed by atoms with Gasteiger partial charge in [0.15, 0.2) is 9.84 Å². The molecule has 3 rings (SSSR count). The van der Waals surface area contributed by atoms with Crippen LogP contribution >= 0.6 is 15.9 Å². The normalized spacial score (nSPS) is 15.2. The summed E-state index contributed by atoms with van der Waals surface area (Å²) in [4.78, 5) is 11.7. The first kappa shape index (κ1) is 22.6. The third-order valence-corrected chi connectivity index (χ3v) is 7.69. The van der Waals surface area contributed by atoms with Gasteiger partial charge < -0.3 is 15.5 Å². The van der Waals surface area contributed by atoms with E-state index in [2.05, 4.69) is 21.2 Å². The van der Waals surface area contributed by atoms with E-state index in [4.69, 9.17) is 0 Å². The van der Waals surface area contributed by atoms with Crippen LogP contribution in [0.15, 0.2) is 39.7 Å². The van der Waals surface area contributed by atoms with Crippen LogP contribution in [0.5, 0.6) is 5.75 Å². The summed E-state index contributed by atoms with van der Waals surface area (Å²) in [5.41, 5.74) is 1.09. The number of carboxylic acids is 1. The first-order valence-electron chi connectivity index (χ1n) is 9.87. The molecule has 1 aliphatic carbocycles. The predicted octanol–water partition coefficient (Wildman–Crippen LogP) is 5.16. The quantitative estimate of drug-likeness (QED) is 0.467. The monoisotopic (exact) mass is 495 g/mol. The molecule has 6 nitrogen and oxygen atoms in total. The van der Waals surface area contributed by atoms with Crippen LogP contribution in [-0.4, -0.2) is 30.6 Å². The molecule has 0 unspecified atom stereocenters. The number of anilines is 1. The second-order valence-corrected chi connectivity index (χ2v) is 11.1. The number of aromatic hydroxyl groups is 1. The summed E-state index contributed by atoms with van der Waals surface area (Å²) >= 11 is 3.33. The van der Waals surface area contributed by atoms with Crippen molar-refractivity contribution < 1.29 is 23.4 Å². The van der Waals surface area contributed by atoms with Crippen molar-refractivity contribution in [2.24, 2.45) is 5.92 Å². The van der Waals surface area contributed by atoms with Gasteiger partial charge in [-0.05, 0) is 61.4 Å². The summed E-state index contributed by atoms with van der Waals surface area (Å²) in [6.07, 6.45) is 1.87. The largest absolute Gasteiger partial charge is 0.507 e. The predicted molar refractivity (Wildman–Crippen MR) is 120 cm³/mol. The van der Waals surface area contributed by atoms with Crippen molar-refractivity contribution in [1.29, 1.82) is 0 Å². The highest BCUT2D eigenvalue weighted by Crippen LogP contribution is 2.43. The van der Waals surface area contributed by atoms with E-state index in [9.17, 15) is 23.4 Å². The Hall–Kier alpha value is -2.06. The third kappa shape index (κ3) is 4.98. The summed E-state index contributed by atoms with van der Waals surface area (Å²) in [6, 6.07) is 8.12. The second kappa shape index (κ2) is 8.59. The maximum absolute atomic E-state index is 13.3. The number of benzene rings is 2. The molecule has 0 saturated heterocycles. The maximum Gasteiger partial charge on any atom is 0.339 e. The SMILES string of the molecule is CC(C)[C@H](C)Nc1ccc(Br)cc1S(=O)(=O)Cc1cc(C2CC2)cc(C(=O)O)c1O. The van der Waals surface area contributed by atoms with Crippen molar-refractivity contribution in [3.05, 3.63) is 51.5 Å². The molecule has 162 valence electrons. The summed E-state index contributed by atoms with van der Waals surface area (Å²) in [5.74, 6) is -1.73. The summed E-state index contributed by atoms with van der Waals surface area (Å²) in [6.45, 7) is 6.06. The summed E-state index contributed by atoms with van der Waals surface area (Å²) in [7, 11) is -3.87. The summed E-state index contributed by atoms with van der Waals surface area (Å²) in [5, 5.41) is 23.2. The Kier molecular flexibility index (Phi) is 6.48. The van der Waals surface area contributed by atoms with Gasteiger partial charge in [0.2, 0.25) is 0 Å². The number of hydrogen-bond acceptors (Lipinski definition) is 5. The number of carbonyl (C=O) groups is 1. The van der Waals surface area contributed by atoms with Gasteiger partial charge in [0.1, 0.15) is 11.3 Å². The Bertz CT molecular complexity index is 1080. The zero-order valence-electron chi connectivity index (χ0n) is 17.1. The summed E-state index contributed by atoms with van der Waals surface area (Å²) < 4.78 is 27.3. The molecule has 0 aromatic heterocycles. The molecule has 2 aromatic carbocycles. The maximum atomic E-state index is 13.3. The Morgan fingerprint density at radius 2 is 1.87 bits per heavy atom. The number of nitrogens with one attached hydrogen (secondary N) is 1. The van der Waals surface area contributed by atoms with E-state index in [1.54, 1.807) is 18.2 Å². The van der Waals surface area contributed by atoms with E-state index >= 15 is 0 Å². The fourth-order valence-corrected chi connectivity index (χ4v) is 5.28. The number of carboxylic acid groups (broad SMARTS) is 1. The lowest BCUT2D eigenvalue weighted by atomic mass is 10.0. The molecule has 3 N–H and O–H groups in total. The molecule has 8 heteroatoms. The Balaban J connectivity index is 2.03. The van der Waals surface area contributed by atoms with Gasteiger partial charge in [-0.1, -0.05) is 35.8 Å². The van der Waals surface area contributed by atoms with Crippen LogP contribution in [0.25, 0.3) is 0 Å². The van der Waals surface area contributed by atoms with Gasteiger partial charge in [-0.25, -0.2) is 13.2 Å². The molecule has 1 fully saturated rings. The van der Waals surface area contributed by atoms with Crippen molar-refractivity contribution in [3.63, 3.8) is 0 Å². The molecule has 0 amide bonds. The number of hydrogen-bond donors (Lipinski definition) is 3. The van der Waals surface area contributed by atoms with E-state index < -0.39 is 27.3 Å². The van der Waals surface area contributed by atoms with E-state index in [1.165, 1.54) is 12.1 Å². The fourth-order valence-electron chi connectivity index (χ4n) is 3.21. The van der Waals surface area contributed by atoms with Gasteiger partial charge in [-0.15, -0.1) is 0 Å². The minimum Gasteiger partial charge on any atom is -0.507 e. The van der Waals surface area contributed by atoms with Crippen molar-refractivity contribution >= 4 is 37.4 Å². The van der Waals surface area contributed by atoms with Gasteiger partial charge >= 0.3 is 5.97 Å². The lowest BCUT2D eigenvalue weighted by Crippen LogP contribution is -2.23.